The Morgan fingerprint density at radius 1 is 1.06 bits per heavy atom. The average molecular weight is 496 g/mol. The fourth-order valence-electron chi connectivity index (χ4n) is 4.15. The van der Waals surface area contributed by atoms with E-state index in [2.05, 4.69) is 10.3 Å². The van der Waals surface area contributed by atoms with Crippen molar-refractivity contribution in [2.75, 3.05) is 0 Å². The van der Waals surface area contributed by atoms with Gasteiger partial charge < -0.3 is 15.0 Å². The van der Waals surface area contributed by atoms with E-state index in [1.165, 1.54) is 24.3 Å². The van der Waals surface area contributed by atoms with Crippen molar-refractivity contribution in [3.8, 4) is 0 Å². The molecule has 0 aliphatic heterocycles. The molecule has 9 heteroatoms. The summed E-state index contributed by atoms with van der Waals surface area (Å²) >= 11 is 0. The number of carbonyl (C=O) groups excluding carboxylic acids is 1. The monoisotopic (exact) mass is 495 g/mol. The summed E-state index contributed by atoms with van der Waals surface area (Å²) in [5.41, 5.74) is 2.67. The number of halogens is 3. The smallest absolute Gasteiger partial charge is 0.416 e. The summed E-state index contributed by atoms with van der Waals surface area (Å²) in [4.78, 5) is 28.9. The molecule has 186 valence electrons. The number of amides is 1. The number of benzene rings is 2. The Labute approximate surface area is 205 Å². The van der Waals surface area contributed by atoms with Crippen molar-refractivity contribution in [2.24, 2.45) is 0 Å². The van der Waals surface area contributed by atoms with Gasteiger partial charge in [-0.15, -0.1) is 0 Å². The number of alkyl halides is 3. The molecule has 0 spiro atoms. The highest BCUT2D eigenvalue weighted by atomic mass is 19.4. The van der Waals surface area contributed by atoms with E-state index in [9.17, 15) is 22.8 Å². The van der Waals surface area contributed by atoms with Crippen LogP contribution in [0.1, 0.15) is 62.9 Å². The first kappa shape index (κ1) is 25.0. The van der Waals surface area contributed by atoms with Crippen LogP contribution in [0.5, 0.6) is 0 Å². The largest absolute Gasteiger partial charge is 0.478 e. The number of hydrogen-bond donors (Lipinski definition) is 2. The molecule has 2 N–H and O–H groups in total. The van der Waals surface area contributed by atoms with Crippen molar-refractivity contribution >= 4 is 22.9 Å². The van der Waals surface area contributed by atoms with Crippen molar-refractivity contribution in [3.63, 3.8) is 0 Å². The Morgan fingerprint density at radius 2 is 1.72 bits per heavy atom. The summed E-state index contributed by atoms with van der Waals surface area (Å²) in [5.74, 6) is -1.36. The second-order valence-corrected chi connectivity index (χ2v) is 8.49. The molecule has 1 atom stereocenters. The number of hydrogen-bond acceptors (Lipinski definition) is 3. The van der Waals surface area contributed by atoms with Crippen LogP contribution in [0.25, 0.3) is 11.0 Å². The van der Waals surface area contributed by atoms with Gasteiger partial charge in [0.05, 0.1) is 22.7 Å². The number of nitrogens with one attached hydrogen (secondary N) is 1. The van der Waals surface area contributed by atoms with Crippen molar-refractivity contribution in [2.45, 2.75) is 39.0 Å². The number of aryl methyl sites for hydroxylation is 1. The SMILES string of the molecule is CCn1cc(C(=O)NC(C)c2ccc(C(=O)O)cc2)c2c(Cc3ccc(C(F)(F)F)cc3)ccnc21. The number of aromatic carboxylic acids is 1. The number of carbonyl (C=O) groups is 2. The van der Waals surface area contributed by atoms with Crippen LogP contribution in [-0.4, -0.2) is 26.5 Å². The van der Waals surface area contributed by atoms with E-state index >= 15 is 0 Å². The minimum absolute atomic E-state index is 0.155. The highest BCUT2D eigenvalue weighted by Gasteiger charge is 2.30. The van der Waals surface area contributed by atoms with E-state index in [0.29, 0.717) is 35.1 Å². The minimum atomic E-state index is -4.41. The Bertz CT molecular complexity index is 1410. The van der Waals surface area contributed by atoms with E-state index < -0.39 is 23.8 Å². The van der Waals surface area contributed by atoms with Crippen LogP contribution < -0.4 is 5.32 Å². The van der Waals surface area contributed by atoms with Crippen molar-refractivity contribution in [3.05, 3.63) is 100 Å². The lowest BCUT2D eigenvalue weighted by atomic mass is 9.99. The highest BCUT2D eigenvalue weighted by Crippen LogP contribution is 2.31. The lowest BCUT2D eigenvalue weighted by Crippen LogP contribution is -2.26. The van der Waals surface area contributed by atoms with Crippen LogP contribution in [0.4, 0.5) is 13.2 Å². The van der Waals surface area contributed by atoms with E-state index in [-0.39, 0.29) is 11.5 Å². The van der Waals surface area contributed by atoms with Gasteiger partial charge in [0, 0.05) is 24.3 Å². The average Bonchev–Trinajstić information content (AvgIpc) is 3.24. The third-order valence-electron chi connectivity index (χ3n) is 6.11. The standard InChI is InChI=1S/C27H24F3N3O3/c1-3-33-15-22(25(34)32-16(2)18-6-8-19(9-7-18)26(35)36)23-20(12-13-31-24(23)33)14-17-4-10-21(11-5-17)27(28,29)30/h4-13,15-16H,3,14H2,1-2H3,(H,32,34)(H,35,36). The number of pyridine rings is 1. The van der Waals surface area contributed by atoms with Gasteiger partial charge in [0.2, 0.25) is 0 Å². The maximum Gasteiger partial charge on any atom is 0.416 e. The second-order valence-electron chi connectivity index (χ2n) is 8.49. The van der Waals surface area contributed by atoms with Gasteiger partial charge in [0.1, 0.15) is 5.65 Å². The van der Waals surface area contributed by atoms with Crippen LogP contribution in [0, 0.1) is 0 Å². The maximum absolute atomic E-state index is 13.3. The molecule has 2 aromatic carbocycles. The Kier molecular flexibility index (Phi) is 6.83. The lowest BCUT2D eigenvalue weighted by molar-refractivity contribution is -0.137. The molecule has 0 radical (unpaired) electrons. The normalized spacial score (nSPS) is 12.5. The molecule has 1 amide bonds. The van der Waals surface area contributed by atoms with Crippen LogP contribution in [0.3, 0.4) is 0 Å². The second kappa shape index (κ2) is 9.85. The molecule has 0 fully saturated rings. The predicted molar refractivity (Wildman–Crippen MR) is 129 cm³/mol. The minimum Gasteiger partial charge on any atom is -0.478 e. The van der Waals surface area contributed by atoms with E-state index in [1.54, 1.807) is 37.5 Å². The summed E-state index contributed by atoms with van der Waals surface area (Å²) in [6.07, 6.45) is -0.722. The topological polar surface area (TPSA) is 84.2 Å². The number of aromatic nitrogens is 2. The third-order valence-corrected chi connectivity index (χ3v) is 6.11. The summed E-state index contributed by atoms with van der Waals surface area (Å²) in [6, 6.07) is 12.6. The summed E-state index contributed by atoms with van der Waals surface area (Å²) in [6.45, 7) is 4.30. The highest BCUT2D eigenvalue weighted by molar-refractivity contribution is 6.07. The zero-order valence-corrected chi connectivity index (χ0v) is 19.6. The maximum atomic E-state index is 13.3. The Morgan fingerprint density at radius 3 is 2.31 bits per heavy atom. The third kappa shape index (κ3) is 5.10. The van der Waals surface area contributed by atoms with Gasteiger partial charge in [-0.25, -0.2) is 9.78 Å². The van der Waals surface area contributed by atoms with Gasteiger partial charge in [-0.05, 0) is 67.3 Å². The summed E-state index contributed by atoms with van der Waals surface area (Å²) < 4.78 is 40.7. The lowest BCUT2D eigenvalue weighted by Gasteiger charge is -2.15. The van der Waals surface area contributed by atoms with Gasteiger partial charge in [0.15, 0.2) is 0 Å². The van der Waals surface area contributed by atoms with Gasteiger partial charge in [-0.3, -0.25) is 4.79 Å². The van der Waals surface area contributed by atoms with Gasteiger partial charge >= 0.3 is 12.1 Å². The fraction of sp³-hybridized carbons (Fsp3) is 0.222. The molecule has 0 saturated heterocycles. The number of carboxylic acid groups (broad SMARTS) is 1. The van der Waals surface area contributed by atoms with Crippen molar-refractivity contribution in [1.82, 2.24) is 14.9 Å². The quantitative estimate of drug-likeness (QED) is 0.337. The molecule has 36 heavy (non-hydrogen) atoms. The zero-order valence-electron chi connectivity index (χ0n) is 19.6. The molecular formula is C27H24F3N3O3. The molecule has 1 unspecified atom stereocenters. The number of fused-ring (bicyclic) bond motifs is 1. The molecule has 0 saturated carbocycles. The molecular weight excluding hydrogens is 471 g/mol. The Balaban J connectivity index is 1.65. The van der Waals surface area contributed by atoms with Gasteiger partial charge in [-0.1, -0.05) is 24.3 Å². The van der Waals surface area contributed by atoms with Crippen molar-refractivity contribution < 1.29 is 27.9 Å². The van der Waals surface area contributed by atoms with Gasteiger partial charge in [-0.2, -0.15) is 13.2 Å². The van der Waals surface area contributed by atoms with Crippen LogP contribution in [0.2, 0.25) is 0 Å². The molecule has 0 aliphatic carbocycles. The summed E-state index contributed by atoms with van der Waals surface area (Å²) in [7, 11) is 0. The van der Waals surface area contributed by atoms with Crippen LogP contribution in [0.15, 0.2) is 67.0 Å². The first-order valence-electron chi connectivity index (χ1n) is 11.4. The van der Waals surface area contributed by atoms with Crippen molar-refractivity contribution in [1.29, 1.82) is 0 Å². The molecule has 0 bridgehead atoms. The van der Waals surface area contributed by atoms with E-state index in [0.717, 1.165) is 23.3 Å². The molecule has 2 heterocycles. The van der Waals surface area contributed by atoms with Gasteiger partial charge in [0.25, 0.3) is 5.91 Å². The Hall–Kier alpha value is -4.14. The number of nitrogens with zero attached hydrogens (tertiary/aromatic N) is 2. The van der Waals surface area contributed by atoms with Crippen LogP contribution >= 0.6 is 0 Å². The molecule has 0 aliphatic rings. The predicted octanol–water partition coefficient (Wildman–Crippen LogP) is 5.86. The van der Waals surface area contributed by atoms with E-state index in [1.807, 2.05) is 11.5 Å². The zero-order chi connectivity index (χ0) is 26.0. The van der Waals surface area contributed by atoms with Crippen LogP contribution in [-0.2, 0) is 19.1 Å². The first-order valence-corrected chi connectivity index (χ1v) is 11.4. The fourth-order valence-corrected chi connectivity index (χ4v) is 4.15. The molecule has 4 aromatic rings. The van der Waals surface area contributed by atoms with E-state index in [4.69, 9.17) is 5.11 Å². The number of carboxylic acids is 1. The molecule has 2 aromatic heterocycles. The first-order chi connectivity index (χ1) is 17.1. The molecule has 6 nitrogen and oxygen atoms in total. The summed E-state index contributed by atoms with van der Waals surface area (Å²) in [5, 5.41) is 12.7. The number of rotatable bonds is 7. The molecule has 4 rings (SSSR count).